The zero-order chi connectivity index (χ0) is 28.2. The molecule has 3 heterocycles. The first-order valence-corrected chi connectivity index (χ1v) is 13.5. The maximum Gasteiger partial charge on any atom is 0.446 e. The average Bonchev–Trinajstić information content (AvgIpc) is 3.44. The highest BCUT2D eigenvalue weighted by atomic mass is 32.2. The molecule has 2 N–H and O–H groups in total. The molecule has 210 valence electrons. The molecule has 2 fully saturated rings. The fourth-order valence-electron chi connectivity index (χ4n) is 4.62. The van der Waals surface area contributed by atoms with Gasteiger partial charge in [-0.1, -0.05) is 0 Å². The predicted octanol–water partition coefficient (Wildman–Crippen LogP) is 5.05. The number of pyridine rings is 1. The SMILES string of the molecule is CC1(C)C(=O)N(c2ccc(SC(F)(F)F)cc2)C(=O)N1Cc1ccnc(NC(=O)NCCCN2CCCC2)c1. The number of alkyl halides is 3. The number of urea groups is 2. The van der Waals surface area contributed by atoms with E-state index in [1.807, 2.05) is 0 Å². The van der Waals surface area contributed by atoms with Gasteiger partial charge in [0.05, 0.1) is 5.69 Å². The second-order valence-corrected chi connectivity index (χ2v) is 11.1. The molecule has 1 aromatic carbocycles. The number of benzene rings is 1. The van der Waals surface area contributed by atoms with Crippen LogP contribution in [0, 0.1) is 0 Å². The van der Waals surface area contributed by atoms with E-state index in [4.69, 9.17) is 0 Å². The summed E-state index contributed by atoms with van der Waals surface area (Å²) in [7, 11) is 0. The third kappa shape index (κ3) is 7.21. The van der Waals surface area contributed by atoms with Gasteiger partial charge < -0.3 is 15.1 Å². The van der Waals surface area contributed by atoms with Crippen molar-refractivity contribution in [2.24, 2.45) is 0 Å². The van der Waals surface area contributed by atoms with E-state index in [1.54, 1.807) is 26.0 Å². The molecule has 2 aliphatic rings. The number of aromatic nitrogens is 1. The highest BCUT2D eigenvalue weighted by Gasteiger charge is 2.51. The minimum absolute atomic E-state index is 0.0473. The van der Waals surface area contributed by atoms with Gasteiger partial charge in [0.2, 0.25) is 0 Å². The number of nitrogens with one attached hydrogen (secondary N) is 2. The van der Waals surface area contributed by atoms with Gasteiger partial charge in [-0.15, -0.1) is 0 Å². The minimum atomic E-state index is -4.44. The molecule has 0 saturated carbocycles. The zero-order valence-corrected chi connectivity index (χ0v) is 22.6. The number of thioether (sulfide) groups is 1. The van der Waals surface area contributed by atoms with Crippen LogP contribution < -0.4 is 15.5 Å². The van der Waals surface area contributed by atoms with E-state index in [2.05, 4.69) is 20.5 Å². The van der Waals surface area contributed by atoms with Crippen molar-refractivity contribution in [3.8, 4) is 0 Å². The van der Waals surface area contributed by atoms with Crippen LogP contribution in [0.4, 0.5) is 34.3 Å². The summed E-state index contributed by atoms with van der Waals surface area (Å²) >= 11 is -0.270. The van der Waals surface area contributed by atoms with Gasteiger partial charge in [-0.05, 0) is 106 Å². The van der Waals surface area contributed by atoms with E-state index in [1.165, 1.54) is 48.2 Å². The maximum atomic E-state index is 13.3. The average molecular weight is 565 g/mol. The second kappa shape index (κ2) is 11.8. The van der Waals surface area contributed by atoms with Crippen LogP contribution in [0.5, 0.6) is 0 Å². The van der Waals surface area contributed by atoms with Crippen LogP contribution >= 0.6 is 11.8 Å². The summed E-state index contributed by atoms with van der Waals surface area (Å²) in [6.45, 7) is 6.97. The summed E-state index contributed by atoms with van der Waals surface area (Å²) in [5.41, 5.74) is -4.82. The number of anilines is 2. The molecule has 0 bridgehead atoms. The summed E-state index contributed by atoms with van der Waals surface area (Å²) in [4.78, 5) is 47.6. The Kier molecular flexibility index (Phi) is 8.70. The molecule has 0 spiro atoms. The van der Waals surface area contributed by atoms with E-state index in [9.17, 15) is 27.6 Å². The first-order chi connectivity index (χ1) is 18.4. The van der Waals surface area contributed by atoms with Gasteiger partial charge >= 0.3 is 17.6 Å². The van der Waals surface area contributed by atoms with E-state index in [-0.39, 0.29) is 34.9 Å². The van der Waals surface area contributed by atoms with Gasteiger partial charge in [0, 0.05) is 24.2 Å². The lowest BCUT2D eigenvalue weighted by atomic mass is 10.0. The van der Waals surface area contributed by atoms with Crippen LogP contribution in [0.1, 0.15) is 38.7 Å². The van der Waals surface area contributed by atoms with Crippen LogP contribution in [-0.4, -0.2) is 70.0 Å². The van der Waals surface area contributed by atoms with Crippen molar-refractivity contribution >= 4 is 41.2 Å². The fourth-order valence-corrected chi connectivity index (χ4v) is 5.16. The Morgan fingerprint density at radius 1 is 1.10 bits per heavy atom. The molecule has 2 aromatic rings. The number of rotatable bonds is 9. The predicted molar refractivity (Wildman–Crippen MR) is 142 cm³/mol. The van der Waals surface area contributed by atoms with E-state index < -0.39 is 23.0 Å². The molecule has 2 aliphatic heterocycles. The summed E-state index contributed by atoms with van der Waals surface area (Å²) in [6, 6.07) is 7.42. The monoisotopic (exact) mass is 564 g/mol. The molecule has 5 amide bonds. The molecule has 9 nitrogen and oxygen atoms in total. The molecular formula is C26H31F3N6O3S. The molecule has 13 heteroatoms. The van der Waals surface area contributed by atoms with Crippen LogP contribution in [0.3, 0.4) is 0 Å². The Morgan fingerprint density at radius 2 is 1.79 bits per heavy atom. The van der Waals surface area contributed by atoms with E-state index >= 15 is 0 Å². The molecule has 0 unspecified atom stereocenters. The maximum absolute atomic E-state index is 13.3. The van der Waals surface area contributed by atoms with Gasteiger partial charge in [-0.3, -0.25) is 10.1 Å². The smallest absolute Gasteiger partial charge is 0.338 e. The van der Waals surface area contributed by atoms with Crippen molar-refractivity contribution in [2.45, 2.75) is 55.6 Å². The second-order valence-electron chi connectivity index (χ2n) is 9.94. The van der Waals surface area contributed by atoms with Crippen molar-refractivity contribution in [2.75, 3.05) is 36.4 Å². The van der Waals surface area contributed by atoms with E-state index in [0.717, 1.165) is 31.0 Å². The number of nitrogens with zero attached hydrogens (tertiary/aromatic N) is 4. The number of hydrogen-bond donors (Lipinski definition) is 2. The molecule has 0 aliphatic carbocycles. The largest absolute Gasteiger partial charge is 0.446 e. The van der Waals surface area contributed by atoms with Crippen molar-refractivity contribution in [3.05, 3.63) is 48.2 Å². The first kappa shape index (κ1) is 28.7. The van der Waals surface area contributed by atoms with Crippen LogP contribution in [0.15, 0.2) is 47.5 Å². The molecular weight excluding hydrogens is 533 g/mol. The normalized spacial score (nSPS) is 17.7. The molecule has 2 saturated heterocycles. The minimum Gasteiger partial charge on any atom is -0.338 e. The Bertz CT molecular complexity index is 1200. The topological polar surface area (TPSA) is 97.9 Å². The van der Waals surface area contributed by atoms with Crippen molar-refractivity contribution < 1.29 is 27.6 Å². The molecule has 1 aromatic heterocycles. The van der Waals surface area contributed by atoms with Gasteiger partial charge in [-0.2, -0.15) is 13.2 Å². The summed E-state index contributed by atoms with van der Waals surface area (Å²) < 4.78 is 38.0. The van der Waals surface area contributed by atoms with E-state index in [0.29, 0.717) is 17.9 Å². The lowest BCUT2D eigenvalue weighted by Crippen LogP contribution is -2.43. The Balaban J connectivity index is 1.37. The summed E-state index contributed by atoms with van der Waals surface area (Å²) in [5, 5.41) is 5.51. The van der Waals surface area contributed by atoms with Crippen LogP contribution in [0.25, 0.3) is 0 Å². The number of carbonyl (C=O) groups is 3. The van der Waals surface area contributed by atoms with Crippen molar-refractivity contribution in [3.63, 3.8) is 0 Å². The van der Waals surface area contributed by atoms with Gasteiger partial charge in [0.15, 0.2) is 0 Å². The zero-order valence-electron chi connectivity index (χ0n) is 21.8. The first-order valence-electron chi connectivity index (χ1n) is 12.7. The molecule has 4 rings (SSSR count). The quantitative estimate of drug-likeness (QED) is 0.251. The number of likely N-dealkylation sites (tertiary alicyclic amines) is 1. The van der Waals surface area contributed by atoms with Gasteiger partial charge in [0.1, 0.15) is 11.4 Å². The molecule has 0 atom stereocenters. The number of hydrogen-bond acceptors (Lipinski definition) is 6. The van der Waals surface area contributed by atoms with Crippen LogP contribution in [-0.2, 0) is 11.3 Å². The third-order valence-corrected chi connectivity index (χ3v) is 7.43. The van der Waals surface area contributed by atoms with Gasteiger partial charge in [0.25, 0.3) is 5.91 Å². The highest BCUT2D eigenvalue weighted by Crippen LogP contribution is 2.39. The number of amides is 5. The lowest BCUT2D eigenvalue weighted by molar-refractivity contribution is -0.123. The van der Waals surface area contributed by atoms with Crippen molar-refractivity contribution in [1.29, 1.82) is 0 Å². The summed E-state index contributed by atoms with van der Waals surface area (Å²) in [6.07, 6.45) is 4.80. The Hall–Kier alpha value is -3.32. The lowest BCUT2D eigenvalue weighted by Gasteiger charge is -2.27. The summed E-state index contributed by atoms with van der Waals surface area (Å²) in [5.74, 6) is -0.195. The van der Waals surface area contributed by atoms with Crippen LogP contribution in [0.2, 0.25) is 0 Å². The van der Waals surface area contributed by atoms with Crippen molar-refractivity contribution in [1.82, 2.24) is 20.1 Å². The Labute approximate surface area is 229 Å². The number of halogens is 3. The molecule has 0 radical (unpaired) electrons. The Morgan fingerprint density at radius 3 is 2.46 bits per heavy atom. The fraction of sp³-hybridized carbons (Fsp3) is 0.462. The molecule has 39 heavy (non-hydrogen) atoms. The standard InChI is InChI=1S/C26H31F3N6O3S/c1-25(2)22(36)35(19-6-8-20(9-7-19)39-26(27,28)29)24(38)34(25)17-18-10-12-30-21(16-18)32-23(37)31-11-5-15-33-13-3-4-14-33/h6-10,12,16H,3-5,11,13-15,17H2,1-2H3,(H2,30,31,32,37). The highest BCUT2D eigenvalue weighted by molar-refractivity contribution is 8.00. The van der Waals surface area contributed by atoms with Gasteiger partial charge in [-0.25, -0.2) is 19.5 Å². The number of carbonyl (C=O) groups excluding carboxylic acids is 3. The number of imide groups is 1. The third-order valence-electron chi connectivity index (χ3n) is 6.69.